The molecule has 0 bridgehead atoms. The Labute approximate surface area is 339 Å². The summed E-state index contributed by atoms with van der Waals surface area (Å²) in [7, 11) is 1.53. The number of unbranched alkanes of at least 4 members (excludes halogenated alkanes) is 18. The Kier molecular flexibility index (Phi) is 36.5. The molecule has 0 aliphatic rings. The van der Waals surface area contributed by atoms with Gasteiger partial charge in [-0.05, 0) is 77.0 Å². The molecule has 0 saturated carbocycles. The van der Waals surface area contributed by atoms with E-state index in [-0.39, 0.29) is 19.1 Å². The lowest BCUT2D eigenvalue weighted by atomic mass is 10.1. The summed E-state index contributed by atoms with van der Waals surface area (Å²) in [5, 5.41) is 13.8. The second kappa shape index (κ2) is 37.8. The third-order valence-electron chi connectivity index (χ3n) is 9.44. The van der Waals surface area contributed by atoms with Crippen LogP contribution in [0.5, 0.6) is 0 Å². The zero-order valence-corrected chi connectivity index (χ0v) is 37.0. The van der Waals surface area contributed by atoms with Crippen LogP contribution in [0, 0.1) is 0 Å². The van der Waals surface area contributed by atoms with Crippen LogP contribution in [0.1, 0.15) is 174 Å². The van der Waals surface area contributed by atoms with Crippen LogP contribution < -0.4 is 5.32 Å². The number of hydrogen-bond acceptors (Lipinski definition) is 5. The fourth-order valence-corrected chi connectivity index (χ4v) is 6.60. The minimum atomic E-state index is -4.35. The lowest BCUT2D eigenvalue weighted by Crippen LogP contribution is -2.45. The fraction of sp³-hybridized carbons (Fsp3) is 0.761. The molecule has 0 aromatic carbocycles. The number of aliphatic hydroxyl groups is 1. The second-order valence-electron chi connectivity index (χ2n) is 16.0. The Morgan fingerprint density at radius 3 is 1.60 bits per heavy atom. The summed E-state index contributed by atoms with van der Waals surface area (Å²) in [6.07, 6.45) is 48.6. The smallest absolute Gasteiger partial charge is 0.387 e. The third-order valence-corrected chi connectivity index (χ3v) is 10.4. The molecule has 9 heteroatoms. The van der Waals surface area contributed by atoms with Gasteiger partial charge in [0.05, 0.1) is 39.9 Å². The molecule has 0 spiro atoms. The number of allylic oxidation sites excluding steroid dienone is 9. The van der Waals surface area contributed by atoms with Crippen molar-refractivity contribution >= 4 is 13.7 Å². The van der Waals surface area contributed by atoms with Gasteiger partial charge in [0.25, 0.3) is 0 Å². The number of phosphoric acid groups is 1. The van der Waals surface area contributed by atoms with Gasteiger partial charge in [-0.15, -0.1) is 0 Å². The van der Waals surface area contributed by atoms with Gasteiger partial charge in [0.1, 0.15) is 13.2 Å². The molecular formula is C46H86N2O6P+. The molecular weight excluding hydrogens is 707 g/mol. The molecule has 0 aromatic rings. The van der Waals surface area contributed by atoms with Gasteiger partial charge in [0.15, 0.2) is 0 Å². The maximum absolute atomic E-state index is 12.9. The maximum Gasteiger partial charge on any atom is 0.472 e. The number of quaternary nitrogens is 1. The summed E-state index contributed by atoms with van der Waals surface area (Å²) in [6, 6.07) is -0.874. The molecule has 3 atom stereocenters. The van der Waals surface area contributed by atoms with E-state index < -0.39 is 20.0 Å². The quantitative estimate of drug-likeness (QED) is 0.0248. The van der Waals surface area contributed by atoms with E-state index in [0.717, 1.165) is 64.2 Å². The van der Waals surface area contributed by atoms with Gasteiger partial charge in [-0.2, -0.15) is 0 Å². The average molecular weight is 794 g/mol. The number of carbonyl (C=O) groups is 1. The van der Waals surface area contributed by atoms with E-state index in [1.54, 1.807) is 6.08 Å². The maximum atomic E-state index is 12.9. The zero-order valence-electron chi connectivity index (χ0n) is 36.1. The van der Waals surface area contributed by atoms with E-state index >= 15 is 0 Å². The monoisotopic (exact) mass is 794 g/mol. The first kappa shape index (κ1) is 53.2. The zero-order chi connectivity index (χ0) is 40.7. The van der Waals surface area contributed by atoms with Gasteiger partial charge in [0.2, 0.25) is 5.91 Å². The first-order valence-electron chi connectivity index (χ1n) is 22.2. The van der Waals surface area contributed by atoms with E-state index in [1.807, 2.05) is 27.2 Å². The van der Waals surface area contributed by atoms with Crippen LogP contribution in [-0.2, 0) is 18.4 Å². The van der Waals surface area contributed by atoms with Crippen LogP contribution in [0.2, 0.25) is 0 Å². The number of aliphatic hydroxyl groups excluding tert-OH is 1. The number of hydrogen-bond donors (Lipinski definition) is 3. The van der Waals surface area contributed by atoms with Crippen molar-refractivity contribution in [2.75, 3.05) is 40.9 Å². The minimum absolute atomic E-state index is 0.0495. The number of nitrogens with zero attached hydrogens (tertiary/aromatic N) is 1. The van der Waals surface area contributed by atoms with Crippen molar-refractivity contribution < 1.29 is 32.9 Å². The number of likely N-dealkylation sites (N-methyl/N-ethyl adjacent to an activating group) is 1. The summed E-state index contributed by atoms with van der Waals surface area (Å²) in [4.78, 5) is 23.1. The fourth-order valence-electron chi connectivity index (χ4n) is 5.87. The molecule has 0 fully saturated rings. The topological polar surface area (TPSA) is 105 Å². The molecule has 0 aliphatic heterocycles. The Hall–Kier alpha value is -1.80. The molecule has 3 unspecified atom stereocenters. The highest BCUT2D eigenvalue weighted by Gasteiger charge is 2.27. The van der Waals surface area contributed by atoms with Crippen molar-refractivity contribution in [3.63, 3.8) is 0 Å². The SMILES string of the molecule is CCCCC/C=C\C/C=C\CCCCCCCCCC(=O)NC(COP(=O)(O)OCC[N+](C)(C)C)C(O)/C=C/CC/C=C/CC/C=C/CCCCCCCC. The summed E-state index contributed by atoms with van der Waals surface area (Å²) in [5.41, 5.74) is 0. The number of carbonyl (C=O) groups excluding carboxylic acids is 1. The largest absolute Gasteiger partial charge is 0.472 e. The number of nitrogens with one attached hydrogen (secondary N) is 1. The highest BCUT2D eigenvalue weighted by molar-refractivity contribution is 7.47. The van der Waals surface area contributed by atoms with Crippen LogP contribution in [0.25, 0.3) is 0 Å². The Balaban J connectivity index is 4.53. The molecule has 8 nitrogen and oxygen atoms in total. The average Bonchev–Trinajstić information content (AvgIpc) is 3.13. The number of phosphoric ester groups is 1. The van der Waals surface area contributed by atoms with E-state index in [0.29, 0.717) is 17.4 Å². The molecule has 3 N–H and O–H groups in total. The number of rotatable bonds is 39. The molecule has 0 saturated heterocycles. The molecule has 0 rings (SSSR count). The van der Waals surface area contributed by atoms with Crippen molar-refractivity contribution in [3.8, 4) is 0 Å². The lowest BCUT2D eigenvalue weighted by Gasteiger charge is -2.25. The highest BCUT2D eigenvalue weighted by Crippen LogP contribution is 2.43. The molecule has 55 heavy (non-hydrogen) atoms. The van der Waals surface area contributed by atoms with Crippen molar-refractivity contribution in [1.82, 2.24) is 5.32 Å². The predicted octanol–water partition coefficient (Wildman–Crippen LogP) is 12.2. The van der Waals surface area contributed by atoms with Gasteiger partial charge in [-0.3, -0.25) is 13.8 Å². The van der Waals surface area contributed by atoms with Gasteiger partial charge >= 0.3 is 7.82 Å². The third kappa shape index (κ3) is 40.2. The van der Waals surface area contributed by atoms with Crippen LogP contribution in [0.15, 0.2) is 60.8 Å². The molecule has 0 aromatic heterocycles. The normalized spacial score (nSPS) is 15.0. The van der Waals surface area contributed by atoms with Crippen molar-refractivity contribution in [1.29, 1.82) is 0 Å². The van der Waals surface area contributed by atoms with Crippen LogP contribution in [-0.4, -0.2) is 73.4 Å². The number of amides is 1. The van der Waals surface area contributed by atoms with Crippen LogP contribution >= 0.6 is 7.82 Å². The second-order valence-corrected chi connectivity index (χ2v) is 17.5. The molecule has 0 aliphatic carbocycles. The Bertz CT molecular complexity index is 1080. The predicted molar refractivity (Wildman–Crippen MR) is 235 cm³/mol. The molecule has 320 valence electrons. The van der Waals surface area contributed by atoms with Crippen molar-refractivity contribution in [2.45, 2.75) is 187 Å². The van der Waals surface area contributed by atoms with Crippen molar-refractivity contribution in [2.24, 2.45) is 0 Å². The van der Waals surface area contributed by atoms with Gasteiger partial charge in [-0.1, -0.05) is 152 Å². The lowest BCUT2D eigenvalue weighted by molar-refractivity contribution is -0.870. The van der Waals surface area contributed by atoms with Crippen molar-refractivity contribution in [3.05, 3.63) is 60.8 Å². The first-order valence-corrected chi connectivity index (χ1v) is 23.7. The van der Waals surface area contributed by atoms with Gasteiger partial charge in [-0.25, -0.2) is 4.57 Å². The summed E-state index contributed by atoms with van der Waals surface area (Å²) < 4.78 is 23.5. The van der Waals surface area contributed by atoms with Crippen LogP contribution in [0.3, 0.4) is 0 Å². The molecule has 0 radical (unpaired) electrons. The molecule has 0 heterocycles. The minimum Gasteiger partial charge on any atom is -0.387 e. The van der Waals surface area contributed by atoms with Gasteiger partial charge < -0.3 is 19.8 Å². The van der Waals surface area contributed by atoms with E-state index in [2.05, 4.69) is 67.8 Å². The van der Waals surface area contributed by atoms with Gasteiger partial charge in [0, 0.05) is 6.42 Å². The van der Waals surface area contributed by atoms with E-state index in [1.165, 1.54) is 89.9 Å². The first-order chi connectivity index (χ1) is 26.5. The summed E-state index contributed by atoms with van der Waals surface area (Å²) in [5.74, 6) is -0.202. The highest BCUT2D eigenvalue weighted by atomic mass is 31.2. The van der Waals surface area contributed by atoms with Crippen LogP contribution in [0.4, 0.5) is 0 Å². The summed E-state index contributed by atoms with van der Waals surface area (Å²) >= 11 is 0. The van der Waals surface area contributed by atoms with E-state index in [9.17, 15) is 19.4 Å². The molecule has 1 amide bonds. The Morgan fingerprint density at radius 2 is 1.05 bits per heavy atom. The van der Waals surface area contributed by atoms with E-state index in [4.69, 9.17) is 9.05 Å². The summed E-state index contributed by atoms with van der Waals surface area (Å²) in [6.45, 7) is 4.72. The Morgan fingerprint density at radius 1 is 0.618 bits per heavy atom. The standard InChI is InChI=1S/C46H85N2O6P/c1-6-8-10-12-14-16-18-20-22-24-26-28-30-32-34-36-38-40-46(50)47-44(43-54-55(51,52)53-42-41-48(3,4)5)45(49)39-37-35-33-31-29-27-25-23-21-19-17-15-13-11-9-7-2/h14,16,20-23,29,31,37,39,44-45,49H,6-13,15,17-19,24-28,30,32-36,38,40-43H2,1-5H3,(H-,47,50,51,52)/p+1/b16-14-,22-20-,23-21+,31-29+,39-37+.